The van der Waals surface area contributed by atoms with E-state index in [1.165, 1.54) is 14.2 Å². The summed E-state index contributed by atoms with van der Waals surface area (Å²) in [6, 6.07) is 4.85. The van der Waals surface area contributed by atoms with Crippen LogP contribution in [0.1, 0.15) is 50.4 Å². The highest BCUT2D eigenvalue weighted by Crippen LogP contribution is 2.26. The van der Waals surface area contributed by atoms with E-state index in [-0.39, 0.29) is 18.1 Å². The summed E-state index contributed by atoms with van der Waals surface area (Å²) in [4.78, 5) is 24.6. The largest absolute Gasteiger partial charge is 0.496 e. The highest BCUT2D eigenvalue weighted by atomic mass is 16.5. The van der Waals surface area contributed by atoms with E-state index in [2.05, 4.69) is 12.2 Å². The lowest BCUT2D eigenvalue weighted by Gasteiger charge is -2.26. The molecule has 0 aliphatic rings. The molecule has 1 rings (SSSR count). The van der Waals surface area contributed by atoms with Gasteiger partial charge in [0.15, 0.2) is 0 Å². The maximum atomic E-state index is 12.5. The molecule has 0 bridgehead atoms. The van der Waals surface area contributed by atoms with Crippen LogP contribution < -0.4 is 10.1 Å². The number of amides is 1. The molecule has 0 unspecified atom stereocenters. The summed E-state index contributed by atoms with van der Waals surface area (Å²) in [6.07, 6.45) is 2.48. The summed E-state index contributed by atoms with van der Waals surface area (Å²) in [5, 5.41) is 2.80. The molecule has 1 aromatic rings. The number of ether oxygens (including phenoxy) is 3. The van der Waals surface area contributed by atoms with Crippen molar-refractivity contribution in [1.29, 1.82) is 0 Å². The van der Waals surface area contributed by atoms with Gasteiger partial charge in [0.1, 0.15) is 16.9 Å². The highest BCUT2D eigenvalue weighted by molar-refractivity contribution is 5.99. The number of carbonyl (C=O) groups is 2. The van der Waals surface area contributed by atoms with E-state index < -0.39 is 11.6 Å². The van der Waals surface area contributed by atoms with Crippen LogP contribution in [0.15, 0.2) is 18.2 Å². The van der Waals surface area contributed by atoms with E-state index in [9.17, 15) is 9.59 Å². The van der Waals surface area contributed by atoms with Crippen LogP contribution in [0.3, 0.4) is 0 Å². The van der Waals surface area contributed by atoms with Crippen molar-refractivity contribution in [3.05, 3.63) is 23.8 Å². The first-order valence-electron chi connectivity index (χ1n) is 8.13. The summed E-state index contributed by atoms with van der Waals surface area (Å²) in [6.45, 7) is 5.81. The zero-order valence-electron chi connectivity index (χ0n) is 15.1. The van der Waals surface area contributed by atoms with Crippen LogP contribution in [-0.2, 0) is 14.3 Å². The summed E-state index contributed by atoms with van der Waals surface area (Å²) in [5.74, 6) is -0.351. The fraction of sp³-hybridized carbons (Fsp3) is 0.556. The van der Waals surface area contributed by atoms with Gasteiger partial charge in [0, 0.05) is 12.8 Å². The van der Waals surface area contributed by atoms with Crippen LogP contribution in [-0.4, -0.2) is 38.3 Å². The average molecular weight is 337 g/mol. The zero-order valence-corrected chi connectivity index (χ0v) is 15.1. The lowest BCUT2D eigenvalue weighted by Crippen LogP contribution is -2.41. The van der Waals surface area contributed by atoms with E-state index in [0.717, 1.165) is 12.8 Å². The van der Waals surface area contributed by atoms with Crippen LogP contribution in [0.4, 0.5) is 5.69 Å². The molecule has 24 heavy (non-hydrogen) atoms. The fourth-order valence-electron chi connectivity index (χ4n) is 2.24. The molecule has 1 N–H and O–H groups in total. The van der Waals surface area contributed by atoms with Crippen molar-refractivity contribution in [1.82, 2.24) is 0 Å². The number of rotatable bonds is 9. The molecule has 0 aromatic heterocycles. The van der Waals surface area contributed by atoms with E-state index in [1.54, 1.807) is 32.0 Å². The minimum absolute atomic E-state index is 0.251. The standard InChI is InChI=1S/C18H27NO5/c1-6-8-11-18(3,23-5)17(21)19-13-9-10-15(22-4)14(12-13)16(20)24-7-2/h9-10,12H,6-8,11H2,1-5H3,(H,19,21)/t18-/m0/s1. The highest BCUT2D eigenvalue weighted by Gasteiger charge is 2.32. The van der Waals surface area contributed by atoms with E-state index >= 15 is 0 Å². The zero-order chi connectivity index (χ0) is 18.2. The number of anilines is 1. The lowest BCUT2D eigenvalue weighted by atomic mass is 9.97. The van der Waals surface area contributed by atoms with Crippen molar-refractivity contribution in [2.45, 2.75) is 45.6 Å². The minimum Gasteiger partial charge on any atom is -0.496 e. The van der Waals surface area contributed by atoms with Gasteiger partial charge < -0.3 is 19.5 Å². The van der Waals surface area contributed by atoms with Crippen LogP contribution in [0.25, 0.3) is 0 Å². The molecule has 0 spiro atoms. The lowest BCUT2D eigenvalue weighted by molar-refractivity contribution is -0.136. The molecule has 1 atom stereocenters. The Labute approximate surface area is 143 Å². The Hall–Kier alpha value is -2.08. The van der Waals surface area contributed by atoms with Gasteiger partial charge in [-0.05, 0) is 38.5 Å². The monoisotopic (exact) mass is 337 g/mol. The van der Waals surface area contributed by atoms with Gasteiger partial charge in [-0.25, -0.2) is 4.79 Å². The van der Waals surface area contributed by atoms with Crippen molar-refractivity contribution in [2.24, 2.45) is 0 Å². The number of methoxy groups -OCH3 is 2. The molecule has 0 aliphatic heterocycles. The fourth-order valence-corrected chi connectivity index (χ4v) is 2.24. The summed E-state index contributed by atoms with van der Waals surface area (Å²) in [5.41, 5.74) is -0.159. The molecule has 0 heterocycles. The normalized spacial score (nSPS) is 13.0. The predicted molar refractivity (Wildman–Crippen MR) is 92.5 cm³/mol. The second-order valence-electron chi connectivity index (χ2n) is 5.63. The molecule has 0 saturated heterocycles. The number of unbranched alkanes of at least 4 members (excludes halogenated alkanes) is 1. The third-order valence-corrected chi connectivity index (χ3v) is 3.89. The summed E-state index contributed by atoms with van der Waals surface area (Å²) < 4.78 is 15.6. The van der Waals surface area contributed by atoms with Gasteiger partial charge in [0.2, 0.25) is 0 Å². The van der Waals surface area contributed by atoms with Crippen molar-refractivity contribution < 1.29 is 23.8 Å². The maximum absolute atomic E-state index is 12.5. The maximum Gasteiger partial charge on any atom is 0.341 e. The molecule has 6 nitrogen and oxygen atoms in total. The summed E-state index contributed by atoms with van der Waals surface area (Å²) >= 11 is 0. The van der Waals surface area contributed by atoms with Gasteiger partial charge in [-0.3, -0.25) is 4.79 Å². The molecule has 6 heteroatoms. The first kappa shape index (κ1) is 20.0. The number of carbonyl (C=O) groups excluding carboxylic acids is 2. The quantitative estimate of drug-likeness (QED) is 0.699. The Balaban J connectivity index is 3.00. The van der Waals surface area contributed by atoms with E-state index in [4.69, 9.17) is 14.2 Å². The number of hydrogen-bond donors (Lipinski definition) is 1. The van der Waals surface area contributed by atoms with E-state index in [0.29, 0.717) is 17.9 Å². The molecule has 134 valence electrons. The third-order valence-electron chi connectivity index (χ3n) is 3.89. The van der Waals surface area contributed by atoms with Crippen LogP contribution in [0.2, 0.25) is 0 Å². The van der Waals surface area contributed by atoms with Gasteiger partial charge in [0.05, 0.1) is 13.7 Å². The van der Waals surface area contributed by atoms with Gasteiger partial charge in [-0.2, -0.15) is 0 Å². The first-order valence-corrected chi connectivity index (χ1v) is 8.13. The molecule has 0 aliphatic carbocycles. The molecular formula is C18H27NO5. The second kappa shape index (κ2) is 9.27. The smallest absolute Gasteiger partial charge is 0.341 e. The topological polar surface area (TPSA) is 73.9 Å². The Morgan fingerprint density at radius 2 is 1.92 bits per heavy atom. The molecule has 0 fully saturated rings. The van der Waals surface area contributed by atoms with Crippen molar-refractivity contribution >= 4 is 17.6 Å². The van der Waals surface area contributed by atoms with Crippen LogP contribution >= 0.6 is 0 Å². The molecule has 0 radical (unpaired) electrons. The molecule has 0 saturated carbocycles. The Morgan fingerprint density at radius 3 is 2.46 bits per heavy atom. The van der Waals surface area contributed by atoms with Gasteiger partial charge in [0.25, 0.3) is 5.91 Å². The van der Waals surface area contributed by atoms with Gasteiger partial charge in [-0.1, -0.05) is 19.8 Å². The Morgan fingerprint density at radius 1 is 1.21 bits per heavy atom. The molecular weight excluding hydrogens is 310 g/mol. The van der Waals surface area contributed by atoms with Crippen LogP contribution in [0, 0.1) is 0 Å². The number of esters is 1. The SMILES string of the molecule is CCCC[C@](C)(OC)C(=O)Nc1ccc(OC)c(C(=O)OCC)c1. The first-order chi connectivity index (χ1) is 11.4. The predicted octanol–water partition coefficient (Wildman–Crippen LogP) is 3.41. The number of benzene rings is 1. The third kappa shape index (κ3) is 4.96. The number of nitrogens with one attached hydrogen (secondary N) is 1. The van der Waals surface area contributed by atoms with E-state index in [1.807, 2.05) is 0 Å². The Kier molecular flexibility index (Phi) is 7.71. The summed E-state index contributed by atoms with van der Waals surface area (Å²) in [7, 11) is 3.00. The van der Waals surface area contributed by atoms with Crippen molar-refractivity contribution in [3.8, 4) is 5.75 Å². The second-order valence-corrected chi connectivity index (χ2v) is 5.63. The molecule has 1 aromatic carbocycles. The van der Waals surface area contributed by atoms with Crippen molar-refractivity contribution in [2.75, 3.05) is 26.1 Å². The Bertz CT molecular complexity index is 573. The van der Waals surface area contributed by atoms with Gasteiger partial charge >= 0.3 is 5.97 Å². The minimum atomic E-state index is -0.917. The number of hydrogen-bond acceptors (Lipinski definition) is 5. The van der Waals surface area contributed by atoms with Crippen LogP contribution in [0.5, 0.6) is 5.75 Å². The van der Waals surface area contributed by atoms with Gasteiger partial charge in [-0.15, -0.1) is 0 Å². The average Bonchev–Trinajstić information content (AvgIpc) is 2.59. The molecule has 1 amide bonds. The van der Waals surface area contributed by atoms with Crippen molar-refractivity contribution in [3.63, 3.8) is 0 Å².